The van der Waals surface area contributed by atoms with Crippen LogP contribution in [0.3, 0.4) is 0 Å². The van der Waals surface area contributed by atoms with Crippen molar-refractivity contribution in [3.05, 3.63) is 87.2 Å². The highest BCUT2D eigenvalue weighted by Crippen LogP contribution is 2.35. The van der Waals surface area contributed by atoms with Crippen molar-refractivity contribution in [2.45, 2.75) is 51.9 Å². The van der Waals surface area contributed by atoms with Crippen LogP contribution in [0.5, 0.6) is 0 Å². The normalized spacial score (nSPS) is 18.1. The average molecular weight is 581 g/mol. The molecular formula is C31H31F3N4O4. The van der Waals surface area contributed by atoms with E-state index in [1.807, 2.05) is 0 Å². The van der Waals surface area contributed by atoms with Gasteiger partial charge < -0.3 is 25.7 Å². The van der Waals surface area contributed by atoms with Crippen LogP contribution in [0.1, 0.15) is 80.2 Å². The molecule has 220 valence electrons. The molecule has 2 aromatic carbocycles. The molecule has 2 unspecified atom stereocenters. The number of amides is 3. The molecule has 0 spiro atoms. The minimum atomic E-state index is -4.44. The molecule has 0 saturated carbocycles. The summed E-state index contributed by atoms with van der Waals surface area (Å²) in [5.74, 6) is -1.02. The highest BCUT2D eigenvalue weighted by atomic mass is 19.4. The number of halogens is 3. The molecular weight excluding hydrogens is 549 g/mol. The molecule has 1 fully saturated rings. The zero-order chi connectivity index (χ0) is 30.2. The number of nitrogens with one attached hydrogen (secondary N) is 4. The molecule has 5 rings (SSSR count). The molecule has 4 N–H and O–H groups in total. The Bertz CT molecular complexity index is 1570. The van der Waals surface area contributed by atoms with Crippen molar-refractivity contribution in [3.63, 3.8) is 0 Å². The fraction of sp³-hybridized carbons (Fsp3) is 0.323. The predicted octanol–water partition coefficient (Wildman–Crippen LogP) is 5.54. The topological polar surface area (TPSA) is 112 Å². The first-order valence-electron chi connectivity index (χ1n) is 13.7. The number of alkyl halides is 3. The maximum absolute atomic E-state index is 13.1. The lowest BCUT2D eigenvalue weighted by Gasteiger charge is -2.16. The third-order valence-electron chi connectivity index (χ3n) is 7.66. The number of hydrogen-bond acceptors (Lipinski definition) is 4. The number of carbonyl (C=O) groups excluding carboxylic acids is 3. The largest absolute Gasteiger partial charge is 0.416 e. The first-order chi connectivity index (χ1) is 19.9. The zero-order valence-corrected chi connectivity index (χ0v) is 23.4. The van der Waals surface area contributed by atoms with Gasteiger partial charge in [-0.1, -0.05) is 12.1 Å². The maximum Gasteiger partial charge on any atom is 0.416 e. The summed E-state index contributed by atoms with van der Waals surface area (Å²) in [4.78, 5) is 42.1. The van der Waals surface area contributed by atoms with Gasteiger partial charge in [-0.3, -0.25) is 14.4 Å². The summed E-state index contributed by atoms with van der Waals surface area (Å²) in [6.07, 6.45) is -0.885. The molecule has 2 aliphatic heterocycles. The second kappa shape index (κ2) is 11.5. The summed E-state index contributed by atoms with van der Waals surface area (Å²) in [7, 11) is 0. The predicted molar refractivity (Wildman–Crippen MR) is 152 cm³/mol. The number of H-pyrrole nitrogens is 1. The molecule has 8 nitrogen and oxygen atoms in total. The van der Waals surface area contributed by atoms with Crippen molar-refractivity contribution in [1.82, 2.24) is 15.6 Å². The van der Waals surface area contributed by atoms with Crippen LogP contribution in [-0.2, 0) is 15.7 Å². The molecule has 1 aromatic heterocycles. The lowest BCUT2D eigenvalue weighted by Crippen LogP contribution is -2.32. The molecule has 42 heavy (non-hydrogen) atoms. The molecule has 3 heterocycles. The van der Waals surface area contributed by atoms with Crippen molar-refractivity contribution >= 4 is 35.1 Å². The molecule has 2 aliphatic rings. The van der Waals surface area contributed by atoms with Gasteiger partial charge in [0.1, 0.15) is 0 Å². The van der Waals surface area contributed by atoms with E-state index < -0.39 is 23.7 Å². The maximum atomic E-state index is 13.1. The fourth-order valence-corrected chi connectivity index (χ4v) is 5.30. The van der Waals surface area contributed by atoms with Crippen LogP contribution in [0.15, 0.2) is 42.5 Å². The Morgan fingerprint density at radius 1 is 1.12 bits per heavy atom. The summed E-state index contributed by atoms with van der Waals surface area (Å²) in [5, 5.41) is 8.52. The van der Waals surface area contributed by atoms with Crippen LogP contribution in [0.2, 0.25) is 0 Å². The minimum Gasteiger partial charge on any atom is -0.376 e. The quantitative estimate of drug-likeness (QED) is 0.275. The lowest BCUT2D eigenvalue weighted by atomic mass is 10.0. The first kappa shape index (κ1) is 29.1. The zero-order valence-electron chi connectivity index (χ0n) is 23.4. The van der Waals surface area contributed by atoms with Gasteiger partial charge in [-0.05, 0) is 81.1 Å². The molecule has 0 bridgehead atoms. The van der Waals surface area contributed by atoms with E-state index in [0.717, 1.165) is 25.0 Å². The van der Waals surface area contributed by atoms with Gasteiger partial charge in [0.2, 0.25) is 0 Å². The number of aromatic nitrogens is 1. The third-order valence-corrected chi connectivity index (χ3v) is 7.66. The number of hydrogen-bond donors (Lipinski definition) is 4. The van der Waals surface area contributed by atoms with Crippen LogP contribution in [-0.4, -0.2) is 42.0 Å². The third kappa shape index (κ3) is 5.96. The van der Waals surface area contributed by atoms with E-state index >= 15 is 0 Å². The monoisotopic (exact) mass is 580 g/mol. The summed E-state index contributed by atoms with van der Waals surface area (Å²) >= 11 is 0. The first-order valence-corrected chi connectivity index (χ1v) is 13.7. The van der Waals surface area contributed by atoms with Gasteiger partial charge in [0.25, 0.3) is 17.7 Å². The Labute approximate surface area is 240 Å². The van der Waals surface area contributed by atoms with Gasteiger partial charge in [0, 0.05) is 41.4 Å². The molecule has 0 radical (unpaired) electrons. The Hall–Kier alpha value is -4.38. The van der Waals surface area contributed by atoms with Crippen molar-refractivity contribution < 1.29 is 32.3 Å². The highest BCUT2D eigenvalue weighted by molar-refractivity contribution is 6.35. The molecule has 0 aliphatic carbocycles. The van der Waals surface area contributed by atoms with Gasteiger partial charge in [0.15, 0.2) is 0 Å². The van der Waals surface area contributed by atoms with Crippen LogP contribution in [0.25, 0.3) is 11.6 Å². The number of aryl methyl sites for hydroxylation is 1. The molecule has 11 heteroatoms. The Morgan fingerprint density at radius 2 is 1.86 bits per heavy atom. The second-order valence-corrected chi connectivity index (χ2v) is 10.6. The number of carbonyl (C=O) groups is 3. The van der Waals surface area contributed by atoms with Crippen molar-refractivity contribution in [3.8, 4) is 0 Å². The van der Waals surface area contributed by atoms with E-state index in [-0.39, 0.29) is 23.5 Å². The average Bonchev–Trinajstić information content (AvgIpc) is 3.65. The van der Waals surface area contributed by atoms with E-state index in [2.05, 4.69) is 20.9 Å². The standard InChI is InChI=1S/C31H31F3N4O4/c1-16-26(36-18(3)27(16)30(41)35-15-22-5-4-12-42-22)14-24-23-13-20(8-11-25(23)38-29(24)40)28(39)37-17(2)19-6-9-21(10-7-19)31(32,33)34/h6-11,13-14,17,22,36H,4-5,12,15H2,1-3H3,(H,35,41)(H,37,39)(H,38,40)/b24-14-. The van der Waals surface area contributed by atoms with Gasteiger partial charge >= 0.3 is 6.18 Å². The fourth-order valence-electron chi connectivity index (χ4n) is 5.30. The second-order valence-electron chi connectivity index (χ2n) is 10.6. The molecule has 3 aromatic rings. The molecule has 3 amide bonds. The highest BCUT2D eigenvalue weighted by Gasteiger charge is 2.30. The van der Waals surface area contributed by atoms with Crippen LogP contribution < -0.4 is 16.0 Å². The number of benzene rings is 2. The minimum absolute atomic E-state index is 0.0121. The molecule has 1 saturated heterocycles. The van der Waals surface area contributed by atoms with Crippen molar-refractivity contribution in [2.24, 2.45) is 0 Å². The van der Waals surface area contributed by atoms with Gasteiger partial charge in [-0.25, -0.2) is 0 Å². The van der Waals surface area contributed by atoms with Crippen molar-refractivity contribution in [2.75, 3.05) is 18.5 Å². The summed E-state index contributed by atoms with van der Waals surface area (Å²) in [5.41, 5.74) is 3.86. The number of rotatable bonds is 7. The number of aromatic amines is 1. The number of anilines is 1. The number of ether oxygens (including phenoxy) is 1. The molecule has 2 atom stereocenters. The van der Waals surface area contributed by atoms with Gasteiger partial charge in [-0.2, -0.15) is 13.2 Å². The SMILES string of the molecule is Cc1[nH]c(/C=C2\C(=O)Nc3ccc(C(=O)NC(C)c4ccc(C(F)(F)F)cc4)cc32)c(C)c1C(=O)NCC1CCCO1. The Morgan fingerprint density at radius 3 is 2.52 bits per heavy atom. The lowest BCUT2D eigenvalue weighted by molar-refractivity contribution is -0.137. The van der Waals surface area contributed by atoms with E-state index in [1.165, 1.54) is 12.1 Å². The summed E-state index contributed by atoms with van der Waals surface area (Å²) in [6, 6.07) is 8.84. The summed E-state index contributed by atoms with van der Waals surface area (Å²) < 4.78 is 44.3. The summed E-state index contributed by atoms with van der Waals surface area (Å²) in [6.45, 7) is 6.40. The van der Waals surface area contributed by atoms with Gasteiger partial charge in [-0.15, -0.1) is 0 Å². The van der Waals surface area contributed by atoms with E-state index in [4.69, 9.17) is 4.74 Å². The Kier molecular flexibility index (Phi) is 7.96. The van der Waals surface area contributed by atoms with E-state index in [9.17, 15) is 27.6 Å². The van der Waals surface area contributed by atoms with Crippen LogP contribution >= 0.6 is 0 Å². The van der Waals surface area contributed by atoms with E-state index in [1.54, 1.807) is 45.0 Å². The van der Waals surface area contributed by atoms with E-state index in [0.29, 0.717) is 58.1 Å². The van der Waals surface area contributed by atoms with Gasteiger partial charge in [0.05, 0.1) is 28.8 Å². The van der Waals surface area contributed by atoms with Crippen molar-refractivity contribution in [1.29, 1.82) is 0 Å². The number of fused-ring (bicyclic) bond motifs is 1. The smallest absolute Gasteiger partial charge is 0.376 e. The Balaban J connectivity index is 1.34. The van der Waals surface area contributed by atoms with Crippen LogP contribution in [0, 0.1) is 13.8 Å². The van der Waals surface area contributed by atoms with Crippen LogP contribution in [0.4, 0.5) is 18.9 Å².